The largest absolute Gasteiger partial charge is 0.340 e. The van der Waals surface area contributed by atoms with Gasteiger partial charge in [-0.3, -0.25) is 9.59 Å². The zero-order valence-electron chi connectivity index (χ0n) is 16.3. The summed E-state index contributed by atoms with van der Waals surface area (Å²) in [5.74, 6) is -0.0679. The summed E-state index contributed by atoms with van der Waals surface area (Å²) in [5.41, 5.74) is 1.72. The molecule has 0 aliphatic carbocycles. The van der Waals surface area contributed by atoms with Crippen molar-refractivity contribution in [3.05, 3.63) is 50.3 Å². The van der Waals surface area contributed by atoms with E-state index in [0.29, 0.717) is 35.0 Å². The van der Waals surface area contributed by atoms with Crippen LogP contribution in [0.2, 0.25) is 0 Å². The number of H-pyrrole nitrogens is 1. The fourth-order valence-electron chi connectivity index (χ4n) is 3.53. The number of thiophene rings is 1. The van der Waals surface area contributed by atoms with E-state index in [1.54, 1.807) is 36.3 Å². The first kappa shape index (κ1) is 21.2. The molecule has 154 valence electrons. The Labute approximate surface area is 173 Å². The monoisotopic (exact) mass is 434 g/mol. The number of piperazine rings is 1. The zero-order chi connectivity index (χ0) is 21.2. The lowest BCUT2D eigenvalue weighted by Gasteiger charge is -2.33. The Morgan fingerprint density at radius 1 is 1.28 bits per heavy atom. The summed E-state index contributed by atoms with van der Waals surface area (Å²) >= 11 is 1.18. The van der Waals surface area contributed by atoms with Gasteiger partial charge in [0, 0.05) is 38.3 Å². The van der Waals surface area contributed by atoms with E-state index in [9.17, 15) is 18.0 Å². The molecule has 3 rings (SSSR count). The molecule has 29 heavy (non-hydrogen) atoms. The minimum atomic E-state index is -3.50. The summed E-state index contributed by atoms with van der Waals surface area (Å²) in [7, 11) is -3.50. The first-order valence-corrected chi connectivity index (χ1v) is 11.5. The molecule has 1 saturated heterocycles. The van der Waals surface area contributed by atoms with Gasteiger partial charge in [0.1, 0.15) is 15.8 Å². The highest BCUT2D eigenvalue weighted by Crippen LogP contribution is 2.22. The number of rotatable bonds is 5. The molecular weight excluding hydrogens is 412 g/mol. The Balaban J connectivity index is 1.62. The van der Waals surface area contributed by atoms with Crippen LogP contribution in [-0.4, -0.2) is 54.7 Å². The third-order valence-electron chi connectivity index (χ3n) is 5.19. The molecule has 10 heteroatoms. The Kier molecular flexibility index (Phi) is 6.21. The van der Waals surface area contributed by atoms with Crippen LogP contribution >= 0.6 is 11.3 Å². The molecule has 1 fully saturated rings. The van der Waals surface area contributed by atoms with E-state index in [1.165, 1.54) is 15.6 Å². The third-order valence-corrected chi connectivity index (χ3v) is 8.46. The minimum absolute atomic E-state index is 0.0679. The first-order valence-electron chi connectivity index (χ1n) is 9.19. The van der Waals surface area contributed by atoms with Gasteiger partial charge in [0.15, 0.2) is 0 Å². The predicted molar refractivity (Wildman–Crippen MR) is 109 cm³/mol. The van der Waals surface area contributed by atoms with Gasteiger partial charge in [0.2, 0.25) is 5.91 Å². The molecule has 1 aliphatic rings. The molecule has 0 atom stereocenters. The van der Waals surface area contributed by atoms with Crippen molar-refractivity contribution in [2.24, 2.45) is 0 Å². The van der Waals surface area contributed by atoms with Crippen molar-refractivity contribution in [1.82, 2.24) is 14.2 Å². The Hall–Kier alpha value is -2.48. The number of hydrogen-bond donors (Lipinski definition) is 1. The first-order chi connectivity index (χ1) is 13.8. The molecule has 1 amide bonds. The van der Waals surface area contributed by atoms with Crippen LogP contribution in [-0.2, 0) is 21.2 Å². The van der Waals surface area contributed by atoms with Gasteiger partial charge < -0.3 is 9.88 Å². The van der Waals surface area contributed by atoms with Crippen molar-refractivity contribution in [3.8, 4) is 6.07 Å². The smallest absolute Gasteiger partial charge is 0.266 e. The number of nitriles is 1. The molecule has 0 radical (unpaired) electrons. The van der Waals surface area contributed by atoms with Gasteiger partial charge in [-0.25, -0.2) is 8.42 Å². The number of nitrogens with zero attached hydrogens (tertiary/aromatic N) is 3. The Morgan fingerprint density at radius 3 is 2.55 bits per heavy atom. The lowest BCUT2D eigenvalue weighted by Crippen LogP contribution is -2.50. The molecule has 0 bridgehead atoms. The van der Waals surface area contributed by atoms with Gasteiger partial charge in [-0.2, -0.15) is 9.57 Å². The number of amides is 1. The highest BCUT2D eigenvalue weighted by Gasteiger charge is 2.30. The molecule has 0 unspecified atom stereocenters. The lowest BCUT2D eigenvalue weighted by atomic mass is 9.99. The van der Waals surface area contributed by atoms with E-state index in [0.717, 1.165) is 5.56 Å². The van der Waals surface area contributed by atoms with E-state index in [1.807, 2.05) is 6.07 Å². The molecule has 0 aromatic carbocycles. The highest BCUT2D eigenvalue weighted by molar-refractivity contribution is 7.91. The highest BCUT2D eigenvalue weighted by atomic mass is 32.2. The quantitative estimate of drug-likeness (QED) is 0.764. The number of aryl methyl sites for hydroxylation is 1. The van der Waals surface area contributed by atoms with Crippen molar-refractivity contribution in [3.63, 3.8) is 0 Å². The zero-order valence-corrected chi connectivity index (χ0v) is 17.9. The van der Waals surface area contributed by atoms with Gasteiger partial charge >= 0.3 is 0 Å². The number of carbonyl (C=O) groups is 1. The van der Waals surface area contributed by atoms with Crippen LogP contribution in [0.25, 0.3) is 0 Å². The molecule has 2 aromatic heterocycles. The summed E-state index contributed by atoms with van der Waals surface area (Å²) < 4.78 is 26.9. The summed E-state index contributed by atoms with van der Waals surface area (Å²) in [6.07, 6.45) is 0.645. The van der Waals surface area contributed by atoms with Crippen LogP contribution in [0.15, 0.2) is 26.5 Å². The molecule has 8 nitrogen and oxygen atoms in total. The van der Waals surface area contributed by atoms with E-state index >= 15 is 0 Å². The second-order valence-electron chi connectivity index (χ2n) is 6.89. The maximum absolute atomic E-state index is 12.6. The standard InChI is InChI=1S/C19H22N4O4S2/c1-13-15(14(2)21-19(25)16(13)12-20)5-6-17(24)22-7-9-23(10-8-22)29(26,27)18-4-3-11-28-18/h3-4,11H,5-10H2,1-2H3,(H,21,25). The van der Waals surface area contributed by atoms with Crippen LogP contribution in [0.5, 0.6) is 0 Å². The number of carbonyl (C=O) groups excluding carboxylic acids is 1. The Morgan fingerprint density at radius 2 is 1.97 bits per heavy atom. The van der Waals surface area contributed by atoms with Gasteiger partial charge in [-0.15, -0.1) is 11.3 Å². The second-order valence-corrected chi connectivity index (χ2v) is 10.00. The van der Waals surface area contributed by atoms with Gasteiger partial charge in [-0.1, -0.05) is 6.07 Å². The number of aromatic nitrogens is 1. The maximum Gasteiger partial charge on any atom is 0.266 e. The van der Waals surface area contributed by atoms with Crippen LogP contribution in [0.4, 0.5) is 0 Å². The molecule has 1 N–H and O–H groups in total. The molecule has 2 aromatic rings. The number of nitrogens with one attached hydrogen (secondary N) is 1. The lowest BCUT2D eigenvalue weighted by molar-refractivity contribution is -0.132. The van der Waals surface area contributed by atoms with Gasteiger partial charge in [0.25, 0.3) is 15.6 Å². The topological polar surface area (TPSA) is 114 Å². The van der Waals surface area contributed by atoms with E-state index in [2.05, 4.69) is 4.98 Å². The van der Waals surface area contributed by atoms with Crippen molar-refractivity contribution < 1.29 is 13.2 Å². The van der Waals surface area contributed by atoms with Crippen molar-refractivity contribution in [2.75, 3.05) is 26.2 Å². The summed E-state index contributed by atoms with van der Waals surface area (Å²) in [5, 5.41) is 10.9. The SMILES string of the molecule is Cc1[nH]c(=O)c(C#N)c(C)c1CCC(=O)N1CCN(S(=O)(=O)c2cccs2)CC1. The second kappa shape index (κ2) is 8.49. The number of pyridine rings is 1. The molecule has 0 spiro atoms. The van der Waals surface area contributed by atoms with Crippen LogP contribution in [0, 0.1) is 25.2 Å². The molecule has 1 aliphatic heterocycles. The van der Waals surface area contributed by atoms with Crippen molar-refractivity contribution >= 4 is 27.3 Å². The summed E-state index contributed by atoms with van der Waals surface area (Å²) in [6, 6.07) is 5.20. The normalized spacial score (nSPS) is 15.3. The van der Waals surface area contributed by atoms with Crippen LogP contribution < -0.4 is 5.56 Å². The van der Waals surface area contributed by atoms with Crippen LogP contribution in [0.1, 0.15) is 28.8 Å². The van der Waals surface area contributed by atoms with E-state index < -0.39 is 15.6 Å². The molecular formula is C19H22N4O4S2. The summed E-state index contributed by atoms with van der Waals surface area (Å²) in [6.45, 7) is 4.69. The van der Waals surface area contributed by atoms with Gasteiger partial charge in [0.05, 0.1) is 0 Å². The number of sulfonamides is 1. The third kappa shape index (κ3) is 4.27. The molecule has 0 saturated carbocycles. The van der Waals surface area contributed by atoms with E-state index in [4.69, 9.17) is 5.26 Å². The van der Waals surface area contributed by atoms with Crippen molar-refractivity contribution in [2.45, 2.75) is 30.9 Å². The average Bonchev–Trinajstić information content (AvgIpc) is 3.23. The minimum Gasteiger partial charge on any atom is -0.340 e. The number of aromatic amines is 1. The maximum atomic E-state index is 12.6. The fraction of sp³-hybridized carbons (Fsp3) is 0.421. The van der Waals surface area contributed by atoms with Gasteiger partial charge in [-0.05, 0) is 42.8 Å². The Bertz CT molecular complexity index is 1110. The number of hydrogen-bond acceptors (Lipinski definition) is 6. The van der Waals surface area contributed by atoms with Crippen LogP contribution in [0.3, 0.4) is 0 Å². The predicted octanol–water partition coefficient (Wildman–Crippen LogP) is 1.39. The van der Waals surface area contributed by atoms with Crippen molar-refractivity contribution in [1.29, 1.82) is 5.26 Å². The average molecular weight is 435 g/mol. The fourth-order valence-corrected chi connectivity index (χ4v) is 6.09. The summed E-state index contributed by atoms with van der Waals surface area (Å²) in [4.78, 5) is 28.8. The molecule has 3 heterocycles. The van der Waals surface area contributed by atoms with E-state index in [-0.39, 0.29) is 31.0 Å².